The third-order valence-electron chi connectivity index (χ3n) is 1.59. The summed E-state index contributed by atoms with van der Waals surface area (Å²) in [6.07, 6.45) is 1.62. The maximum atomic E-state index is 5.35. The normalized spacial score (nSPS) is 10.4. The predicted molar refractivity (Wildman–Crippen MR) is 61.1 cm³/mol. The van der Waals surface area contributed by atoms with Crippen LogP contribution in [0.4, 0.5) is 0 Å². The third kappa shape index (κ3) is 3.10. The van der Waals surface area contributed by atoms with Crippen molar-refractivity contribution < 1.29 is 0 Å². The fourth-order valence-electron chi connectivity index (χ4n) is 0.839. The fraction of sp³-hybridized carbons (Fsp3) is 0.222. The molecule has 0 aliphatic heterocycles. The highest BCUT2D eigenvalue weighted by Crippen LogP contribution is 1.95. The van der Waals surface area contributed by atoms with E-state index in [2.05, 4.69) is 10.1 Å². The highest BCUT2D eigenvalue weighted by molar-refractivity contribution is 7.80. The van der Waals surface area contributed by atoms with Crippen LogP contribution in [0.5, 0.6) is 0 Å². The number of nitrogens with two attached hydrogens (primary N) is 1. The molecule has 0 aromatic carbocycles. The van der Waals surface area contributed by atoms with Crippen molar-refractivity contribution in [2.45, 2.75) is 6.92 Å². The molecular weight excluding hydrogens is 196 g/mol. The molecule has 0 aliphatic carbocycles. The van der Waals surface area contributed by atoms with Gasteiger partial charge in [0.25, 0.3) is 0 Å². The molecule has 0 unspecified atom stereocenters. The average Bonchev–Trinajstić information content (AvgIpc) is 2.14. The molecule has 0 spiro atoms. The first-order chi connectivity index (χ1) is 6.59. The van der Waals surface area contributed by atoms with Crippen LogP contribution in [-0.4, -0.2) is 28.4 Å². The van der Waals surface area contributed by atoms with Gasteiger partial charge < -0.3 is 5.73 Å². The zero-order chi connectivity index (χ0) is 10.6. The Morgan fingerprint density at radius 1 is 1.64 bits per heavy atom. The molecule has 0 atom stereocenters. The van der Waals surface area contributed by atoms with E-state index in [4.69, 9.17) is 18.0 Å². The quantitative estimate of drug-likeness (QED) is 0.446. The molecule has 0 bridgehead atoms. The maximum absolute atomic E-state index is 5.35. The van der Waals surface area contributed by atoms with Gasteiger partial charge in [-0.2, -0.15) is 5.10 Å². The number of nitrogens with zero attached hydrogens (tertiary/aromatic N) is 3. The van der Waals surface area contributed by atoms with Crippen LogP contribution in [-0.2, 0) is 0 Å². The molecule has 5 heteroatoms. The number of pyridine rings is 1. The molecule has 0 aliphatic rings. The molecule has 0 saturated carbocycles. The largest absolute Gasteiger partial charge is 0.375 e. The van der Waals surface area contributed by atoms with Crippen LogP contribution in [0, 0.1) is 6.92 Å². The summed E-state index contributed by atoms with van der Waals surface area (Å²) in [5.74, 6) is 0. The lowest BCUT2D eigenvalue weighted by Crippen LogP contribution is -2.27. The van der Waals surface area contributed by atoms with Crippen LogP contribution in [0.1, 0.15) is 11.4 Å². The first-order valence-corrected chi connectivity index (χ1v) is 4.51. The summed E-state index contributed by atoms with van der Waals surface area (Å²) in [6, 6.07) is 5.71. The lowest BCUT2D eigenvalue weighted by molar-refractivity contribution is 0.552. The monoisotopic (exact) mass is 208 g/mol. The molecule has 0 radical (unpaired) electrons. The maximum Gasteiger partial charge on any atom is 0.186 e. The molecule has 0 fully saturated rings. The van der Waals surface area contributed by atoms with Gasteiger partial charge in [-0.3, -0.25) is 4.98 Å². The topological polar surface area (TPSA) is 54.5 Å². The molecule has 1 rings (SSSR count). The first kappa shape index (κ1) is 10.6. The van der Waals surface area contributed by atoms with Gasteiger partial charge >= 0.3 is 0 Å². The van der Waals surface area contributed by atoms with Gasteiger partial charge in [-0.15, -0.1) is 0 Å². The number of hydrogen-bond donors (Lipinski definition) is 1. The smallest absolute Gasteiger partial charge is 0.186 e. The van der Waals surface area contributed by atoms with Gasteiger partial charge in [0, 0.05) is 12.7 Å². The Bertz CT molecular complexity index is 362. The van der Waals surface area contributed by atoms with Crippen molar-refractivity contribution >= 4 is 23.5 Å². The van der Waals surface area contributed by atoms with Gasteiger partial charge in [0.2, 0.25) is 0 Å². The fourth-order valence-corrected chi connectivity index (χ4v) is 0.886. The van der Waals surface area contributed by atoms with Gasteiger partial charge in [-0.05, 0) is 31.3 Å². The molecule has 0 amide bonds. The Morgan fingerprint density at radius 2 is 2.36 bits per heavy atom. The van der Waals surface area contributed by atoms with Gasteiger partial charge in [0.1, 0.15) is 0 Å². The van der Waals surface area contributed by atoms with E-state index in [9.17, 15) is 0 Å². The number of hydrogen-bond acceptors (Lipinski definition) is 3. The number of hydrazone groups is 1. The van der Waals surface area contributed by atoms with Crippen molar-refractivity contribution in [3.63, 3.8) is 0 Å². The van der Waals surface area contributed by atoms with Crippen LogP contribution in [0.15, 0.2) is 23.3 Å². The predicted octanol–water partition coefficient (Wildman–Crippen LogP) is 0.899. The molecule has 74 valence electrons. The van der Waals surface area contributed by atoms with Gasteiger partial charge in [0.15, 0.2) is 5.11 Å². The van der Waals surface area contributed by atoms with Gasteiger partial charge in [-0.1, -0.05) is 6.07 Å². The minimum Gasteiger partial charge on any atom is -0.375 e. The standard InChI is InChI=1S/C9H12N4S/c1-7-4-3-5-8(12-7)6-11-13(2)9(10)14/h3-6H,1-2H3,(H2,10,14). The summed E-state index contributed by atoms with van der Waals surface area (Å²) in [5, 5.41) is 5.66. The van der Waals surface area contributed by atoms with E-state index < -0.39 is 0 Å². The Kier molecular flexibility index (Phi) is 3.53. The Morgan fingerprint density at radius 3 is 2.93 bits per heavy atom. The van der Waals surface area contributed by atoms with Crippen molar-refractivity contribution in [1.82, 2.24) is 9.99 Å². The van der Waals surface area contributed by atoms with E-state index in [1.54, 1.807) is 13.3 Å². The Balaban J connectivity index is 2.73. The summed E-state index contributed by atoms with van der Waals surface area (Å²) in [5.41, 5.74) is 7.09. The van der Waals surface area contributed by atoms with E-state index in [0.717, 1.165) is 11.4 Å². The SMILES string of the molecule is Cc1cccc(C=NN(C)C(N)=S)n1. The molecule has 1 aromatic rings. The van der Waals surface area contributed by atoms with Crippen LogP contribution in [0.3, 0.4) is 0 Å². The number of rotatable bonds is 2. The summed E-state index contributed by atoms with van der Waals surface area (Å²) in [4.78, 5) is 4.24. The third-order valence-corrected chi connectivity index (χ3v) is 1.86. The number of thiocarbonyl (C=S) groups is 1. The lowest BCUT2D eigenvalue weighted by Gasteiger charge is -2.08. The van der Waals surface area contributed by atoms with Crippen LogP contribution in [0.2, 0.25) is 0 Å². The zero-order valence-electron chi connectivity index (χ0n) is 8.14. The van der Waals surface area contributed by atoms with E-state index in [-0.39, 0.29) is 5.11 Å². The second-order valence-corrected chi connectivity index (χ2v) is 3.23. The highest BCUT2D eigenvalue weighted by Gasteiger charge is 1.94. The van der Waals surface area contributed by atoms with Crippen LogP contribution in [0.25, 0.3) is 0 Å². The summed E-state index contributed by atoms with van der Waals surface area (Å²) in [6.45, 7) is 1.93. The van der Waals surface area contributed by atoms with E-state index in [1.807, 2.05) is 25.1 Å². The molecular formula is C9H12N4S. The molecule has 0 saturated heterocycles. The molecule has 2 N–H and O–H groups in total. The first-order valence-electron chi connectivity index (χ1n) is 4.10. The van der Waals surface area contributed by atoms with Crippen LogP contribution < -0.4 is 5.73 Å². The second kappa shape index (κ2) is 4.66. The number of aromatic nitrogens is 1. The minimum absolute atomic E-state index is 0.230. The molecule has 14 heavy (non-hydrogen) atoms. The second-order valence-electron chi connectivity index (χ2n) is 2.81. The summed E-state index contributed by atoms with van der Waals surface area (Å²) < 4.78 is 0. The average molecular weight is 208 g/mol. The zero-order valence-corrected chi connectivity index (χ0v) is 8.95. The van der Waals surface area contributed by atoms with E-state index in [1.165, 1.54) is 5.01 Å². The van der Waals surface area contributed by atoms with Crippen molar-refractivity contribution in [3.05, 3.63) is 29.6 Å². The molecule has 1 aromatic heterocycles. The Hall–Kier alpha value is -1.49. The Labute approximate surface area is 88.4 Å². The van der Waals surface area contributed by atoms with Crippen molar-refractivity contribution in [2.75, 3.05) is 7.05 Å². The minimum atomic E-state index is 0.230. The summed E-state index contributed by atoms with van der Waals surface area (Å²) in [7, 11) is 1.69. The van der Waals surface area contributed by atoms with E-state index >= 15 is 0 Å². The molecule has 1 heterocycles. The van der Waals surface area contributed by atoms with Crippen molar-refractivity contribution in [3.8, 4) is 0 Å². The molecule has 4 nitrogen and oxygen atoms in total. The van der Waals surface area contributed by atoms with Crippen LogP contribution >= 0.6 is 12.2 Å². The number of aryl methyl sites for hydroxylation is 1. The van der Waals surface area contributed by atoms with Crippen molar-refractivity contribution in [2.24, 2.45) is 10.8 Å². The van der Waals surface area contributed by atoms with Crippen molar-refractivity contribution in [1.29, 1.82) is 0 Å². The summed E-state index contributed by atoms with van der Waals surface area (Å²) >= 11 is 4.73. The van der Waals surface area contributed by atoms with Gasteiger partial charge in [0.05, 0.1) is 11.9 Å². The lowest BCUT2D eigenvalue weighted by atomic mass is 10.3. The van der Waals surface area contributed by atoms with Gasteiger partial charge in [-0.25, -0.2) is 5.01 Å². The van der Waals surface area contributed by atoms with E-state index in [0.29, 0.717) is 0 Å². The highest BCUT2D eigenvalue weighted by atomic mass is 32.1.